The maximum absolute atomic E-state index is 13.0. The van der Waals surface area contributed by atoms with E-state index in [9.17, 15) is 19.5 Å². The van der Waals surface area contributed by atoms with Crippen LogP contribution in [-0.4, -0.2) is 48.2 Å². The van der Waals surface area contributed by atoms with Crippen molar-refractivity contribution in [2.24, 2.45) is 11.3 Å². The third-order valence-corrected chi connectivity index (χ3v) is 5.59. The fourth-order valence-corrected chi connectivity index (χ4v) is 3.48. The molecule has 176 valence electrons. The number of amides is 2. The normalized spacial score (nSPS) is 21.5. The van der Waals surface area contributed by atoms with Crippen LogP contribution in [0.15, 0.2) is 42.5 Å². The van der Waals surface area contributed by atoms with Crippen LogP contribution in [0, 0.1) is 11.3 Å². The molecule has 7 heteroatoms. The van der Waals surface area contributed by atoms with Crippen LogP contribution in [-0.2, 0) is 25.5 Å². The van der Waals surface area contributed by atoms with Crippen LogP contribution < -0.4 is 10.6 Å². The maximum atomic E-state index is 13.0. The lowest BCUT2D eigenvalue weighted by Crippen LogP contribution is -2.50. The Morgan fingerprint density at radius 3 is 2.59 bits per heavy atom. The molecule has 0 saturated carbocycles. The van der Waals surface area contributed by atoms with Crippen molar-refractivity contribution in [3.8, 4) is 0 Å². The van der Waals surface area contributed by atoms with Crippen molar-refractivity contribution in [1.82, 2.24) is 10.6 Å². The van der Waals surface area contributed by atoms with Crippen LogP contribution >= 0.6 is 0 Å². The number of aliphatic hydroxyl groups is 1. The van der Waals surface area contributed by atoms with Gasteiger partial charge in [0.1, 0.15) is 6.61 Å². The van der Waals surface area contributed by atoms with Crippen LogP contribution in [0.3, 0.4) is 0 Å². The van der Waals surface area contributed by atoms with Crippen molar-refractivity contribution in [1.29, 1.82) is 0 Å². The Morgan fingerprint density at radius 2 is 1.94 bits per heavy atom. The zero-order chi connectivity index (χ0) is 23.6. The molecule has 0 bridgehead atoms. The summed E-state index contributed by atoms with van der Waals surface area (Å²) < 4.78 is 5.35. The topological polar surface area (TPSA) is 105 Å². The van der Waals surface area contributed by atoms with Gasteiger partial charge in [-0.2, -0.15) is 0 Å². The largest absolute Gasteiger partial charge is 0.463 e. The molecule has 2 rings (SSSR count). The second kappa shape index (κ2) is 12.4. The number of aliphatic hydroxyl groups excluding tert-OH is 1. The highest BCUT2D eigenvalue weighted by Gasteiger charge is 2.31. The van der Waals surface area contributed by atoms with Gasteiger partial charge in [-0.1, -0.05) is 63.3 Å². The summed E-state index contributed by atoms with van der Waals surface area (Å²) in [5, 5.41) is 15.5. The van der Waals surface area contributed by atoms with E-state index in [2.05, 4.69) is 10.6 Å². The molecule has 0 spiro atoms. The number of ether oxygens (including phenoxy) is 1. The van der Waals surface area contributed by atoms with Crippen molar-refractivity contribution in [2.75, 3.05) is 13.2 Å². The van der Waals surface area contributed by atoms with Gasteiger partial charge >= 0.3 is 5.97 Å². The Hall–Kier alpha value is -2.67. The fourth-order valence-electron chi connectivity index (χ4n) is 3.48. The van der Waals surface area contributed by atoms with E-state index in [1.165, 1.54) is 0 Å². The molecule has 0 aliphatic carbocycles. The highest BCUT2D eigenvalue weighted by atomic mass is 16.5. The number of esters is 1. The number of carbonyl (C=O) groups is 3. The summed E-state index contributed by atoms with van der Waals surface area (Å²) in [6, 6.07) is 8.84. The van der Waals surface area contributed by atoms with Gasteiger partial charge in [-0.3, -0.25) is 14.4 Å². The summed E-state index contributed by atoms with van der Waals surface area (Å²) >= 11 is 0. The highest BCUT2D eigenvalue weighted by Crippen LogP contribution is 2.22. The average molecular weight is 445 g/mol. The van der Waals surface area contributed by atoms with Gasteiger partial charge in [0.2, 0.25) is 11.8 Å². The minimum Gasteiger partial charge on any atom is -0.463 e. The minimum absolute atomic E-state index is 0.0120. The molecule has 32 heavy (non-hydrogen) atoms. The minimum atomic E-state index is -0.553. The molecule has 1 aliphatic heterocycles. The van der Waals surface area contributed by atoms with Gasteiger partial charge in [0.15, 0.2) is 0 Å². The SMILES string of the molecule is CC(C)(C)[C@H]1COC(=O)CCC=CC[C@H](CC(=O)N[C@H](CO)Cc2ccccc2)C(=O)N1. The first-order valence-corrected chi connectivity index (χ1v) is 11.2. The summed E-state index contributed by atoms with van der Waals surface area (Å²) in [6.07, 6.45) is 5.41. The molecule has 1 aliphatic rings. The molecule has 3 atom stereocenters. The lowest BCUT2D eigenvalue weighted by molar-refractivity contribution is -0.146. The van der Waals surface area contributed by atoms with E-state index >= 15 is 0 Å². The maximum Gasteiger partial charge on any atom is 0.306 e. The summed E-state index contributed by atoms with van der Waals surface area (Å²) in [5.41, 5.74) is 0.696. The van der Waals surface area contributed by atoms with Gasteiger partial charge in [0, 0.05) is 12.8 Å². The van der Waals surface area contributed by atoms with Crippen LogP contribution in [0.25, 0.3) is 0 Å². The number of rotatable bonds is 6. The summed E-state index contributed by atoms with van der Waals surface area (Å²) in [6.45, 7) is 5.81. The van der Waals surface area contributed by atoms with E-state index < -0.39 is 12.0 Å². The molecule has 3 N–H and O–H groups in total. The Labute approximate surface area is 190 Å². The first-order chi connectivity index (χ1) is 15.2. The van der Waals surface area contributed by atoms with E-state index in [1.807, 2.05) is 63.3 Å². The zero-order valence-electron chi connectivity index (χ0n) is 19.3. The number of cyclic esters (lactones) is 1. The van der Waals surface area contributed by atoms with Crippen molar-refractivity contribution in [3.05, 3.63) is 48.0 Å². The zero-order valence-corrected chi connectivity index (χ0v) is 19.3. The summed E-state index contributed by atoms with van der Waals surface area (Å²) in [7, 11) is 0. The first-order valence-electron chi connectivity index (χ1n) is 11.2. The van der Waals surface area contributed by atoms with Gasteiger partial charge in [0.25, 0.3) is 0 Å². The fraction of sp³-hybridized carbons (Fsp3) is 0.560. The molecule has 0 fully saturated rings. The quantitative estimate of drug-likeness (QED) is 0.462. The van der Waals surface area contributed by atoms with Crippen LogP contribution in [0.2, 0.25) is 0 Å². The Kier molecular flexibility index (Phi) is 9.91. The predicted molar refractivity (Wildman–Crippen MR) is 123 cm³/mol. The highest BCUT2D eigenvalue weighted by molar-refractivity contribution is 5.86. The van der Waals surface area contributed by atoms with Gasteiger partial charge in [-0.05, 0) is 30.2 Å². The van der Waals surface area contributed by atoms with Gasteiger partial charge in [-0.15, -0.1) is 0 Å². The first kappa shape index (κ1) is 25.6. The van der Waals surface area contributed by atoms with Crippen LogP contribution in [0.5, 0.6) is 0 Å². The molecule has 1 heterocycles. The van der Waals surface area contributed by atoms with Gasteiger partial charge in [-0.25, -0.2) is 0 Å². The predicted octanol–water partition coefficient (Wildman–Crippen LogP) is 2.53. The van der Waals surface area contributed by atoms with Gasteiger partial charge in [0.05, 0.1) is 24.6 Å². The van der Waals surface area contributed by atoms with Crippen LogP contribution in [0.1, 0.15) is 52.0 Å². The third-order valence-electron chi connectivity index (χ3n) is 5.59. The molecule has 2 amide bonds. The molecule has 1 aromatic rings. The number of hydrogen-bond donors (Lipinski definition) is 3. The van der Waals surface area contributed by atoms with Crippen molar-refractivity contribution < 1.29 is 24.2 Å². The van der Waals surface area contributed by atoms with Crippen molar-refractivity contribution in [3.63, 3.8) is 0 Å². The Morgan fingerprint density at radius 1 is 1.22 bits per heavy atom. The molecule has 0 radical (unpaired) electrons. The number of nitrogens with one attached hydrogen (secondary N) is 2. The van der Waals surface area contributed by atoms with E-state index in [1.54, 1.807) is 0 Å². The summed E-state index contributed by atoms with van der Waals surface area (Å²) in [5.74, 6) is -1.37. The second-order valence-corrected chi connectivity index (χ2v) is 9.39. The second-order valence-electron chi connectivity index (χ2n) is 9.39. The lowest BCUT2D eigenvalue weighted by atomic mass is 9.86. The lowest BCUT2D eigenvalue weighted by Gasteiger charge is -2.32. The Balaban J connectivity index is 2.06. The monoisotopic (exact) mass is 444 g/mol. The van der Waals surface area contributed by atoms with E-state index in [4.69, 9.17) is 4.74 Å². The van der Waals surface area contributed by atoms with E-state index in [0.29, 0.717) is 19.3 Å². The molecule has 1 aromatic carbocycles. The third kappa shape index (κ3) is 8.83. The molecular formula is C25H36N2O5. The molecule has 0 saturated heterocycles. The van der Waals surface area contributed by atoms with Crippen molar-refractivity contribution >= 4 is 17.8 Å². The molecule has 0 aromatic heterocycles. The number of allylic oxidation sites excluding steroid dienone is 2. The molecule has 7 nitrogen and oxygen atoms in total. The average Bonchev–Trinajstić information content (AvgIpc) is 2.74. The Bertz CT molecular complexity index is 785. The number of benzene rings is 1. The smallest absolute Gasteiger partial charge is 0.306 e. The number of hydrogen-bond acceptors (Lipinski definition) is 5. The van der Waals surface area contributed by atoms with E-state index in [-0.39, 0.29) is 55.3 Å². The number of carbonyl (C=O) groups excluding carboxylic acids is 3. The van der Waals surface area contributed by atoms with Crippen molar-refractivity contribution in [2.45, 2.75) is 65.0 Å². The molecule has 0 unspecified atom stereocenters. The van der Waals surface area contributed by atoms with Crippen LogP contribution in [0.4, 0.5) is 0 Å². The van der Waals surface area contributed by atoms with Gasteiger partial charge < -0.3 is 20.5 Å². The summed E-state index contributed by atoms with van der Waals surface area (Å²) in [4.78, 5) is 37.6. The van der Waals surface area contributed by atoms with E-state index in [0.717, 1.165) is 5.56 Å². The molecular weight excluding hydrogens is 408 g/mol. The standard InChI is InChI=1S/C25H36N2O5/c1-25(2,3)21-17-32-23(30)13-9-5-8-12-19(24(31)27-21)15-22(29)26-20(16-28)14-18-10-6-4-7-11-18/h4-8,10-11,19-21,28H,9,12-17H2,1-3H3,(H,26,29)(H,27,31)/t19-,20+,21-/m1/s1.